The predicted octanol–water partition coefficient (Wildman–Crippen LogP) is 3.51. The number of imidazole rings is 1. The Bertz CT molecular complexity index is 1710. The highest BCUT2D eigenvalue weighted by Gasteiger charge is 2.53. The average Bonchev–Trinajstić information content (AvgIpc) is 3.61. The van der Waals surface area contributed by atoms with E-state index < -0.39 is 39.3 Å². The molecule has 1 saturated heterocycles. The van der Waals surface area contributed by atoms with Crippen LogP contribution in [0.1, 0.15) is 37.8 Å². The van der Waals surface area contributed by atoms with E-state index in [-0.39, 0.29) is 40.4 Å². The van der Waals surface area contributed by atoms with Crippen LogP contribution in [0.2, 0.25) is 10.0 Å². The first-order valence-corrected chi connectivity index (χ1v) is 14.8. The predicted molar refractivity (Wildman–Crippen MR) is 150 cm³/mol. The number of amides is 3. The molecule has 3 amide bonds. The van der Waals surface area contributed by atoms with Crippen molar-refractivity contribution in [3.05, 3.63) is 69.8 Å². The van der Waals surface area contributed by atoms with Crippen LogP contribution in [-0.4, -0.2) is 52.6 Å². The zero-order valence-electron chi connectivity index (χ0n) is 22.0. The molecule has 1 N–H and O–H groups in total. The van der Waals surface area contributed by atoms with Crippen molar-refractivity contribution in [1.82, 2.24) is 19.2 Å². The maximum absolute atomic E-state index is 14.2. The topological polar surface area (TPSA) is 145 Å². The van der Waals surface area contributed by atoms with Gasteiger partial charge < -0.3 is 0 Å². The summed E-state index contributed by atoms with van der Waals surface area (Å²) in [5.41, 5.74) is -0.0866. The highest BCUT2D eigenvalue weighted by molar-refractivity contribution is 7.89. The summed E-state index contributed by atoms with van der Waals surface area (Å²) in [6.07, 6.45) is 1.85. The first-order valence-electron chi connectivity index (χ1n) is 12.6. The number of imide groups is 1. The van der Waals surface area contributed by atoms with Crippen LogP contribution in [0, 0.1) is 11.3 Å². The summed E-state index contributed by atoms with van der Waals surface area (Å²) in [5.74, 6) is -1.76. The maximum atomic E-state index is 14.2. The molecule has 212 valence electrons. The van der Waals surface area contributed by atoms with E-state index in [1.54, 1.807) is 31.2 Å². The Balaban J connectivity index is 1.65. The second-order valence-electron chi connectivity index (χ2n) is 10.1. The number of nitriles is 1. The molecular weight excluding hydrogens is 591 g/mol. The molecule has 0 unspecified atom stereocenters. The molecule has 5 rings (SSSR count). The van der Waals surface area contributed by atoms with Crippen LogP contribution in [0.25, 0.3) is 0 Å². The van der Waals surface area contributed by atoms with E-state index in [9.17, 15) is 28.1 Å². The minimum atomic E-state index is -4.38. The number of benzene rings is 2. The Morgan fingerprint density at radius 2 is 1.83 bits per heavy atom. The molecule has 2 aliphatic rings. The van der Waals surface area contributed by atoms with Gasteiger partial charge >= 0.3 is 0 Å². The molecule has 3 aromatic rings. The SMILES string of the molecule is CC(=O)NC(=O)[C@@H]1CCCN1S(=O)(=O)c1cnc2n1[C@](C)(Cc1ccc(C#N)cc1)C(=O)N2c1cc(Cl)cc(Cl)c1. The third-order valence-corrected chi connectivity index (χ3v) is 9.49. The van der Waals surface area contributed by atoms with Crippen LogP contribution < -0.4 is 10.2 Å². The lowest BCUT2D eigenvalue weighted by Crippen LogP contribution is -2.48. The summed E-state index contributed by atoms with van der Waals surface area (Å²) < 4.78 is 30.7. The second-order valence-corrected chi connectivity index (χ2v) is 12.8. The summed E-state index contributed by atoms with van der Waals surface area (Å²) in [5, 5.41) is 11.6. The second kappa shape index (κ2) is 10.6. The van der Waals surface area contributed by atoms with Crippen LogP contribution in [0.15, 0.2) is 53.7 Å². The van der Waals surface area contributed by atoms with Crippen LogP contribution in [0.5, 0.6) is 0 Å². The van der Waals surface area contributed by atoms with Gasteiger partial charge in [-0.2, -0.15) is 9.57 Å². The lowest BCUT2D eigenvalue weighted by Gasteiger charge is -2.29. The van der Waals surface area contributed by atoms with E-state index in [0.29, 0.717) is 23.2 Å². The van der Waals surface area contributed by atoms with Crippen molar-refractivity contribution >= 4 is 62.6 Å². The minimum absolute atomic E-state index is 0.0342. The van der Waals surface area contributed by atoms with Gasteiger partial charge in [-0.1, -0.05) is 35.3 Å². The number of nitrogens with one attached hydrogen (secondary N) is 1. The average molecular weight is 615 g/mol. The van der Waals surface area contributed by atoms with Crippen molar-refractivity contribution in [3.8, 4) is 6.07 Å². The fraction of sp³-hybridized carbons (Fsp3) is 0.296. The van der Waals surface area contributed by atoms with Crippen molar-refractivity contribution in [3.63, 3.8) is 0 Å². The molecule has 0 bridgehead atoms. The van der Waals surface area contributed by atoms with Crippen molar-refractivity contribution in [2.24, 2.45) is 0 Å². The number of carbonyl (C=O) groups excluding carboxylic acids is 3. The van der Waals surface area contributed by atoms with E-state index in [4.69, 9.17) is 23.2 Å². The lowest BCUT2D eigenvalue weighted by atomic mass is 9.91. The van der Waals surface area contributed by atoms with E-state index in [1.165, 1.54) is 34.6 Å². The largest absolute Gasteiger partial charge is 0.295 e. The van der Waals surface area contributed by atoms with Crippen LogP contribution in [0.4, 0.5) is 11.6 Å². The zero-order valence-corrected chi connectivity index (χ0v) is 24.3. The molecule has 2 atom stereocenters. The molecule has 41 heavy (non-hydrogen) atoms. The standard InChI is InChI=1S/C27H24Cl2N6O5S/c1-16(36)32-24(37)22-4-3-9-33(22)41(39,40)23-15-31-26-34(21-11-19(28)10-20(29)12-21)25(38)27(2,35(23)26)13-17-5-7-18(14-30)8-6-17/h5-8,10-12,15,22H,3-4,9,13H2,1-2H3,(H,32,36,37)/t22-,27+/m0/s1. The number of nitrogens with zero attached hydrogens (tertiary/aromatic N) is 5. The Morgan fingerprint density at radius 1 is 1.17 bits per heavy atom. The van der Waals surface area contributed by atoms with Gasteiger partial charge in [0, 0.05) is 29.9 Å². The first-order chi connectivity index (χ1) is 19.4. The Morgan fingerprint density at radius 3 is 2.44 bits per heavy atom. The molecule has 11 nitrogen and oxygen atoms in total. The maximum Gasteiger partial charge on any atom is 0.261 e. The van der Waals surface area contributed by atoms with Gasteiger partial charge in [-0.15, -0.1) is 0 Å². The van der Waals surface area contributed by atoms with Crippen molar-refractivity contribution in [2.75, 3.05) is 11.4 Å². The van der Waals surface area contributed by atoms with Gasteiger partial charge in [0.2, 0.25) is 17.8 Å². The van der Waals surface area contributed by atoms with Gasteiger partial charge in [0.15, 0.2) is 5.03 Å². The molecule has 0 radical (unpaired) electrons. The molecule has 3 heterocycles. The van der Waals surface area contributed by atoms with Crippen LogP contribution in [0.3, 0.4) is 0 Å². The summed E-state index contributed by atoms with van der Waals surface area (Å²) in [6.45, 7) is 2.83. The fourth-order valence-electron chi connectivity index (χ4n) is 5.38. The molecule has 0 saturated carbocycles. The number of hydrogen-bond acceptors (Lipinski definition) is 7. The van der Waals surface area contributed by atoms with E-state index in [2.05, 4.69) is 10.3 Å². The first kappa shape index (κ1) is 28.8. The highest BCUT2D eigenvalue weighted by atomic mass is 35.5. The number of rotatable bonds is 6. The van der Waals surface area contributed by atoms with Crippen molar-refractivity contribution in [2.45, 2.75) is 49.7 Å². The number of carbonyl (C=O) groups is 3. The Kier molecular flexibility index (Phi) is 7.42. The lowest BCUT2D eigenvalue weighted by molar-refractivity contribution is -0.131. The summed E-state index contributed by atoms with van der Waals surface area (Å²) >= 11 is 12.5. The van der Waals surface area contributed by atoms with Gasteiger partial charge in [0.05, 0.1) is 23.5 Å². The van der Waals surface area contributed by atoms with Gasteiger partial charge in [-0.25, -0.2) is 18.3 Å². The molecule has 0 aliphatic carbocycles. The molecule has 1 aromatic heterocycles. The monoisotopic (exact) mass is 614 g/mol. The van der Waals surface area contributed by atoms with Gasteiger partial charge in [-0.05, 0) is 55.7 Å². The minimum Gasteiger partial charge on any atom is -0.295 e. The van der Waals surface area contributed by atoms with Crippen molar-refractivity contribution < 1.29 is 22.8 Å². The number of anilines is 2. The van der Waals surface area contributed by atoms with E-state index in [0.717, 1.165) is 10.5 Å². The summed E-state index contributed by atoms with van der Waals surface area (Å²) in [6, 6.07) is 12.1. The van der Waals surface area contributed by atoms with Crippen molar-refractivity contribution in [1.29, 1.82) is 5.26 Å². The molecule has 1 fully saturated rings. The van der Waals surface area contributed by atoms with E-state index in [1.807, 2.05) is 6.07 Å². The zero-order chi connectivity index (χ0) is 29.7. The number of hydrogen-bond donors (Lipinski definition) is 1. The summed E-state index contributed by atoms with van der Waals surface area (Å²) in [7, 11) is -4.38. The molecule has 14 heteroatoms. The number of halogens is 2. The Hall–Kier alpha value is -3.76. The van der Waals surface area contributed by atoms with E-state index >= 15 is 0 Å². The molecular formula is C27H24Cl2N6O5S. The molecule has 0 spiro atoms. The third kappa shape index (κ3) is 4.99. The third-order valence-electron chi connectivity index (χ3n) is 7.18. The summed E-state index contributed by atoms with van der Waals surface area (Å²) in [4.78, 5) is 44.1. The Labute approximate surface area is 246 Å². The van der Waals surface area contributed by atoms with Gasteiger partial charge in [0.25, 0.3) is 15.9 Å². The quantitative estimate of drug-likeness (QED) is 0.447. The number of fused-ring (bicyclic) bond motifs is 1. The molecule has 2 aliphatic heterocycles. The normalized spacial score (nSPS) is 20.6. The molecule has 2 aromatic carbocycles. The fourth-order valence-corrected chi connectivity index (χ4v) is 7.74. The highest BCUT2D eigenvalue weighted by Crippen LogP contribution is 2.45. The van der Waals surface area contributed by atoms with Crippen LogP contribution in [-0.2, 0) is 36.4 Å². The number of sulfonamides is 1. The smallest absolute Gasteiger partial charge is 0.261 e. The van der Waals surface area contributed by atoms with Gasteiger partial charge in [-0.3, -0.25) is 24.3 Å². The van der Waals surface area contributed by atoms with Gasteiger partial charge in [0.1, 0.15) is 11.6 Å². The van der Waals surface area contributed by atoms with Crippen LogP contribution >= 0.6 is 23.2 Å². The number of aromatic nitrogens is 2.